The van der Waals surface area contributed by atoms with E-state index in [0.717, 1.165) is 37.7 Å². The lowest BCUT2D eigenvalue weighted by molar-refractivity contribution is -0.127. The van der Waals surface area contributed by atoms with E-state index in [1.165, 1.54) is 50.5 Å². The summed E-state index contributed by atoms with van der Waals surface area (Å²) in [5.74, 6) is 1.02. The lowest BCUT2D eigenvalue weighted by atomic mass is 9.89. The van der Waals surface area contributed by atoms with Crippen LogP contribution in [0.2, 0.25) is 0 Å². The summed E-state index contributed by atoms with van der Waals surface area (Å²) in [6, 6.07) is 5.05. The number of hydrogen-bond donors (Lipinski definition) is 1. The largest absolute Gasteiger partial charge is 0.347 e. The first-order valence-corrected chi connectivity index (χ1v) is 10.7. The van der Waals surface area contributed by atoms with Crippen molar-refractivity contribution in [3.63, 3.8) is 0 Å². The number of aryl methyl sites for hydroxylation is 1. The number of piperidine rings is 1. The highest BCUT2D eigenvalue weighted by Gasteiger charge is 2.36. The standard InChI is InChI=1S/C22H33N3O/c1-16-9-12-23-20(15-16)21(17-7-8-17)24-22(26)18-10-13-25(14-11-18)19-5-3-2-4-6-19/h9,12,15,17-19,21H,2-8,10-11,13-14H2,1H3,(H,24,26)/t21-/m0/s1. The summed E-state index contributed by atoms with van der Waals surface area (Å²) in [5.41, 5.74) is 2.26. The number of likely N-dealkylation sites (tertiary alicyclic amines) is 1. The van der Waals surface area contributed by atoms with Crippen molar-refractivity contribution in [2.24, 2.45) is 11.8 Å². The number of amides is 1. The molecule has 4 heteroatoms. The van der Waals surface area contributed by atoms with Gasteiger partial charge in [0.25, 0.3) is 0 Å². The predicted molar refractivity (Wildman–Crippen MR) is 104 cm³/mol. The second-order valence-electron chi connectivity index (χ2n) is 8.68. The number of rotatable bonds is 5. The highest BCUT2D eigenvalue weighted by atomic mass is 16.2. The first-order chi connectivity index (χ1) is 12.7. The molecule has 3 fully saturated rings. The maximum Gasteiger partial charge on any atom is 0.223 e. The lowest BCUT2D eigenvalue weighted by Gasteiger charge is -2.39. The van der Waals surface area contributed by atoms with Gasteiger partial charge < -0.3 is 10.2 Å². The summed E-state index contributed by atoms with van der Waals surface area (Å²) in [5, 5.41) is 3.37. The van der Waals surface area contributed by atoms with Crippen LogP contribution in [0.5, 0.6) is 0 Å². The Morgan fingerprint density at radius 1 is 1.12 bits per heavy atom. The summed E-state index contributed by atoms with van der Waals surface area (Å²) < 4.78 is 0. The molecule has 26 heavy (non-hydrogen) atoms. The van der Waals surface area contributed by atoms with Crippen LogP contribution in [0.25, 0.3) is 0 Å². The second kappa shape index (κ2) is 8.08. The van der Waals surface area contributed by atoms with E-state index in [-0.39, 0.29) is 17.9 Å². The van der Waals surface area contributed by atoms with Crippen molar-refractivity contribution < 1.29 is 4.79 Å². The molecule has 0 radical (unpaired) electrons. The van der Waals surface area contributed by atoms with Gasteiger partial charge in [0.1, 0.15) is 0 Å². The van der Waals surface area contributed by atoms with Gasteiger partial charge in [0.05, 0.1) is 11.7 Å². The molecule has 0 unspecified atom stereocenters. The average Bonchev–Trinajstić information content (AvgIpc) is 3.52. The molecule has 0 bridgehead atoms. The first-order valence-electron chi connectivity index (χ1n) is 10.7. The summed E-state index contributed by atoms with van der Waals surface area (Å²) in [6.07, 6.45) is 13.2. The maximum absolute atomic E-state index is 12.9. The van der Waals surface area contributed by atoms with Crippen LogP contribution in [0, 0.1) is 18.8 Å². The Kier molecular flexibility index (Phi) is 5.58. The molecule has 1 aromatic rings. The number of pyridine rings is 1. The van der Waals surface area contributed by atoms with Gasteiger partial charge in [-0.3, -0.25) is 9.78 Å². The van der Waals surface area contributed by atoms with Crippen LogP contribution in [0.4, 0.5) is 0 Å². The fraction of sp³-hybridized carbons (Fsp3) is 0.727. The normalized spacial score (nSPS) is 24.3. The molecule has 1 N–H and O–H groups in total. The number of aromatic nitrogens is 1. The fourth-order valence-corrected chi connectivity index (χ4v) is 4.84. The van der Waals surface area contributed by atoms with Gasteiger partial charge in [-0.15, -0.1) is 0 Å². The molecule has 1 amide bonds. The predicted octanol–water partition coefficient (Wildman–Crippen LogP) is 4.00. The van der Waals surface area contributed by atoms with Crippen LogP contribution >= 0.6 is 0 Å². The van der Waals surface area contributed by atoms with Gasteiger partial charge in [-0.1, -0.05) is 19.3 Å². The molecular formula is C22H33N3O. The van der Waals surface area contributed by atoms with Crippen molar-refractivity contribution in [1.82, 2.24) is 15.2 Å². The minimum atomic E-state index is 0.110. The minimum Gasteiger partial charge on any atom is -0.347 e. The zero-order chi connectivity index (χ0) is 17.9. The molecule has 142 valence electrons. The van der Waals surface area contributed by atoms with Gasteiger partial charge in [-0.05, 0) is 82.2 Å². The molecule has 1 atom stereocenters. The van der Waals surface area contributed by atoms with E-state index in [4.69, 9.17) is 0 Å². The van der Waals surface area contributed by atoms with Gasteiger partial charge in [0.15, 0.2) is 0 Å². The molecule has 2 heterocycles. The average molecular weight is 356 g/mol. The molecule has 3 aliphatic rings. The van der Waals surface area contributed by atoms with Crippen LogP contribution in [0.15, 0.2) is 18.3 Å². The highest BCUT2D eigenvalue weighted by molar-refractivity contribution is 5.79. The quantitative estimate of drug-likeness (QED) is 0.868. The summed E-state index contributed by atoms with van der Waals surface area (Å²) in [7, 11) is 0. The monoisotopic (exact) mass is 355 g/mol. The van der Waals surface area contributed by atoms with Gasteiger partial charge in [0.2, 0.25) is 5.91 Å². The van der Waals surface area contributed by atoms with E-state index in [9.17, 15) is 4.79 Å². The Hall–Kier alpha value is -1.42. The van der Waals surface area contributed by atoms with Crippen LogP contribution in [-0.4, -0.2) is 34.9 Å². The van der Waals surface area contributed by atoms with E-state index in [1.807, 2.05) is 12.3 Å². The molecule has 0 aromatic carbocycles. The van der Waals surface area contributed by atoms with Crippen molar-refractivity contribution in [3.8, 4) is 0 Å². The molecule has 1 saturated heterocycles. The van der Waals surface area contributed by atoms with Crippen molar-refractivity contribution in [2.45, 2.75) is 76.8 Å². The molecule has 2 aliphatic carbocycles. The van der Waals surface area contributed by atoms with E-state index >= 15 is 0 Å². The van der Waals surface area contributed by atoms with Gasteiger partial charge in [0, 0.05) is 18.2 Å². The van der Waals surface area contributed by atoms with Crippen molar-refractivity contribution in [1.29, 1.82) is 0 Å². The van der Waals surface area contributed by atoms with Crippen molar-refractivity contribution in [2.75, 3.05) is 13.1 Å². The third kappa shape index (κ3) is 4.28. The Morgan fingerprint density at radius 3 is 2.50 bits per heavy atom. The number of carbonyl (C=O) groups excluding carboxylic acids is 1. The second-order valence-corrected chi connectivity index (χ2v) is 8.68. The Labute approximate surface area is 157 Å². The summed E-state index contributed by atoms with van der Waals surface area (Å²) in [4.78, 5) is 20.1. The van der Waals surface area contributed by atoms with Crippen LogP contribution in [-0.2, 0) is 4.79 Å². The number of nitrogens with one attached hydrogen (secondary N) is 1. The summed E-state index contributed by atoms with van der Waals surface area (Å²) in [6.45, 7) is 4.29. The molecule has 4 rings (SSSR count). The smallest absolute Gasteiger partial charge is 0.223 e. The zero-order valence-electron chi connectivity index (χ0n) is 16.1. The molecule has 2 saturated carbocycles. The topological polar surface area (TPSA) is 45.2 Å². The number of carbonyl (C=O) groups is 1. The number of hydrogen-bond acceptors (Lipinski definition) is 3. The van der Waals surface area contributed by atoms with Crippen LogP contribution < -0.4 is 5.32 Å². The summed E-state index contributed by atoms with van der Waals surface area (Å²) >= 11 is 0. The minimum absolute atomic E-state index is 0.110. The molecule has 0 spiro atoms. The maximum atomic E-state index is 12.9. The third-order valence-corrected chi connectivity index (χ3v) is 6.64. The Balaban J connectivity index is 1.33. The van der Waals surface area contributed by atoms with Gasteiger partial charge in [-0.2, -0.15) is 0 Å². The fourth-order valence-electron chi connectivity index (χ4n) is 4.84. The third-order valence-electron chi connectivity index (χ3n) is 6.64. The zero-order valence-corrected chi connectivity index (χ0v) is 16.1. The van der Waals surface area contributed by atoms with Crippen LogP contribution in [0.1, 0.15) is 75.1 Å². The van der Waals surface area contributed by atoms with E-state index in [0.29, 0.717) is 5.92 Å². The van der Waals surface area contributed by atoms with Crippen LogP contribution in [0.3, 0.4) is 0 Å². The van der Waals surface area contributed by atoms with Crippen molar-refractivity contribution in [3.05, 3.63) is 29.6 Å². The molecule has 4 nitrogen and oxygen atoms in total. The van der Waals surface area contributed by atoms with Gasteiger partial charge in [-0.25, -0.2) is 0 Å². The SMILES string of the molecule is Cc1ccnc([C@@H](NC(=O)C2CCN(C3CCCCC3)CC2)C2CC2)c1. The van der Waals surface area contributed by atoms with Crippen molar-refractivity contribution >= 4 is 5.91 Å². The first kappa shape index (κ1) is 18.0. The van der Waals surface area contributed by atoms with Gasteiger partial charge >= 0.3 is 0 Å². The van der Waals surface area contributed by atoms with E-state index in [2.05, 4.69) is 28.2 Å². The number of nitrogens with zero attached hydrogens (tertiary/aromatic N) is 2. The lowest BCUT2D eigenvalue weighted by Crippen LogP contribution is -2.46. The van der Waals surface area contributed by atoms with E-state index in [1.54, 1.807) is 0 Å². The molecular weight excluding hydrogens is 322 g/mol. The Morgan fingerprint density at radius 2 is 1.85 bits per heavy atom. The molecule has 1 aliphatic heterocycles. The Bertz CT molecular complexity index is 614. The van der Waals surface area contributed by atoms with E-state index < -0.39 is 0 Å². The highest BCUT2D eigenvalue weighted by Crippen LogP contribution is 2.41. The molecule has 1 aromatic heterocycles.